The van der Waals surface area contributed by atoms with Gasteiger partial charge in [0, 0.05) is 61.7 Å². The number of amides is 1. The Morgan fingerprint density at radius 2 is 1.93 bits per heavy atom. The van der Waals surface area contributed by atoms with Gasteiger partial charge in [-0.05, 0) is 18.3 Å². The minimum absolute atomic E-state index is 0.00466. The first-order valence-corrected chi connectivity index (χ1v) is 9.91. The molecule has 2 heterocycles. The SMILES string of the molecule is COc1cc(O)c(C(CC(=O)N2CC(C)CC(C)C2)c2cnccn2)c(OC)c1. The molecule has 1 aromatic heterocycles. The number of aromatic nitrogens is 2. The summed E-state index contributed by atoms with van der Waals surface area (Å²) in [6.45, 7) is 5.85. The van der Waals surface area contributed by atoms with Gasteiger partial charge in [0.15, 0.2) is 0 Å². The number of hydrogen-bond acceptors (Lipinski definition) is 6. The highest BCUT2D eigenvalue weighted by atomic mass is 16.5. The Labute approximate surface area is 171 Å². The number of phenols is 1. The van der Waals surface area contributed by atoms with Gasteiger partial charge in [0.1, 0.15) is 17.2 Å². The first-order chi connectivity index (χ1) is 13.9. The molecule has 1 aliphatic rings. The molecule has 1 N–H and O–H groups in total. The Hall–Kier alpha value is -2.83. The van der Waals surface area contributed by atoms with E-state index in [1.165, 1.54) is 20.3 Å². The monoisotopic (exact) mass is 399 g/mol. The average Bonchev–Trinajstić information content (AvgIpc) is 2.71. The van der Waals surface area contributed by atoms with Crippen LogP contribution in [-0.4, -0.2) is 53.2 Å². The van der Waals surface area contributed by atoms with Gasteiger partial charge < -0.3 is 19.5 Å². The van der Waals surface area contributed by atoms with E-state index >= 15 is 0 Å². The smallest absolute Gasteiger partial charge is 0.223 e. The number of carbonyl (C=O) groups excluding carboxylic acids is 1. The number of piperidine rings is 1. The lowest BCUT2D eigenvalue weighted by molar-refractivity contribution is -0.134. The maximum atomic E-state index is 13.2. The van der Waals surface area contributed by atoms with Crippen LogP contribution in [-0.2, 0) is 4.79 Å². The van der Waals surface area contributed by atoms with Crippen LogP contribution in [0.1, 0.15) is 43.9 Å². The van der Waals surface area contributed by atoms with E-state index in [4.69, 9.17) is 9.47 Å². The zero-order valence-electron chi connectivity index (χ0n) is 17.5. The largest absolute Gasteiger partial charge is 0.507 e. The molecule has 0 aliphatic carbocycles. The Kier molecular flexibility index (Phi) is 6.56. The number of hydrogen-bond donors (Lipinski definition) is 1. The average molecular weight is 399 g/mol. The van der Waals surface area contributed by atoms with Crippen LogP contribution in [0.2, 0.25) is 0 Å². The summed E-state index contributed by atoms with van der Waals surface area (Å²) in [4.78, 5) is 23.7. The van der Waals surface area contributed by atoms with Crippen LogP contribution in [0.15, 0.2) is 30.7 Å². The third-order valence-electron chi connectivity index (χ3n) is 5.44. The third-order valence-corrected chi connectivity index (χ3v) is 5.44. The molecule has 3 atom stereocenters. The summed E-state index contributed by atoms with van der Waals surface area (Å²) in [6, 6.07) is 3.23. The molecule has 0 radical (unpaired) electrons. The predicted octanol–water partition coefficient (Wildman–Crippen LogP) is 3.23. The van der Waals surface area contributed by atoms with Crippen LogP contribution >= 0.6 is 0 Å². The second-order valence-electron chi connectivity index (χ2n) is 7.89. The molecule has 29 heavy (non-hydrogen) atoms. The molecule has 7 nitrogen and oxygen atoms in total. The lowest BCUT2D eigenvalue weighted by atomic mass is 9.88. The van der Waals surface area contributed by atoms with Gasteiger partial charge >= 0.3 is 0 Å². The molecule has 156 valence electrons. The molecule has 0 bridgehead atoms. The van der Waals surface area contributed by atoms with Crippen LogP contribution in [0.4, 0.5) is 0 Å². The van der Waals surface area contributed by atoms with Crippen molar-refractivity contribution in [1.29, 1.82) is 0 Å². The van der Waals surface area contributed by atoms with Crippen LogP contribution in [0.25, 0.3) is 0 Å². The van der Waals surface area contributed by atoms with Crippen molar-refractivity contribution < 1.29 is 19.4 Å². The fourth-order valence-electron chi connectivity index (χ4n) is 4.24. The number of nitrogens with zero attached hydrogens (tertiary/aromatic N) is 3. The topological polar surface area (TPSA) is 84.8 Å². The summed E-state index contributed by atoms with van der Waals surface area (Å²) in [5.74, 6) is 1.44. The molecule has 2 aromatic rings. The molecule has 3 rings (SSSR count). The predicted molar refractivity (Wildman–Crippen MR) is 109 cm³/mol. The Morgan fingerprint density at radius 3 is 2.52 bits per heavy atom. The molecule has 0 spiro atoms. The number of aromatic hydroxyl groups is 1. The fraction of sp³-hybridized carbons (Fsp3) is 0.500. The van der Waals surface area contributed by atoms with E-state index < -0.39 is 5.92 Å². The van der Waals surface area contributed by atoms with Crippen LogP contribution in [0.5, 0.6) is 17.2 Å². The fourth-order valence-corrected chi connectivity index (χ4v) is 4.24. The van der Waals surface area contributed by atoms with Gasteiger partial charge in [-0.25, -0.2) is 0 Å². The molecule has 0 saturated carbocycles. The van der Waals surface area contributed by atoms with Gasteiger partial charge in [-0.1, -0.05) is 13.8 Å². The van der Waals surface area contributed by atoms with Gasteiger partial charge in [0.05, 0.1) is 19.9 Å². The maximum absolute atomic E-state index is 13.2. The normalized spacial score (nSPS) is 20.2. The van der Waals surface area contributed by atoms with Gasteiger partial charge in [-0.15, -0.1) is 0 Å². The molecule has 1 amide bonds. The highest BCUT2D eigenvalue weighted by Crippen LogP contribution is 2.42. The molecule has 1 saturated heterocycles. The van der Waals surface area contributed by atoms with Crippen LogP contribution in [0, 0.1) is 11.8 Å². The number of rotatable bonds is 6. The third kappa shape index (κ3) is 4.78. The van der Waals surface area contributed by atoms with Gasteiger partial charge in [-0.3, -0.25) is 14.8 Å². The Bertz CT molecular complexity index is 833. The first kappa shape index (κ1) is 20.9. The second kappa shape index (κ2) is 9.11. The lowest BCUT2D eigenvalue weighted by Gasteiger charge is -2.36. The van der Waals surface area contributed by atoms with E-state index in [0.717, 1.165) is 19.5 Å². The van der Waals surface area contributed by atoms with E-state index in [1.54, 1.807) is 24.7 Å². The minimum atomic E-state index is -0.482. The summed E-state index contributed by atoms with van der Waals surface area (Å²) in [7, 11) is 3.05. The number of methoxy groups -OCH3 is 2. The van der Waals surface area contributed by atoms with Crippen molar-refractivity contribution >= 4 is 5.91 Å². The highest BCUT2D eigenvalue weighted by molar-refractivity contribution is 5.78. The van der Waals surface area contributed by atoms with Gasteiger partial charge in [-0.2, -0.15) is 0 Å². The van der Waals surface area contributed by atoms with Crippen LogP contribution < -0.4 is 9.47 Å². The molecule has 1 aliphatic heterocycles. The Balaban J connectivity index is 1.98. The Morgan fingerprint density at radius 1 is 1.21 bits per heavy atom. The standard InChI is InChI=1S/C22H29N3O4/c1-14-7-15(2)13-25(12-14)21(27)10-17(18-11-23-5-6-24-18)22-19(26)8-16(28-3)9-20(22)29-4/h5-6,8-9,11,14-15,17,26H,7,10,12-13H2,1-4H3. The van der Waals surface area contributed by atoms with Crippen molar-refractivity contribution in [2.24, 2.45) is 11.8 Å². The summed E-state index contributed by atoms with van der Waals surface area (Å²) in [6.07, 6.45) is 6.10. The van der Waals surface area contributed by atoms with Crippen molar-refractivity contribution in [3.05, 3.63) is 42.0 Å². The summed E-state index contributed by atoms with van der Waals surface area (Å²) in [5, 5.41) is 10.7. The lowest BCUT2D eigenvalue weighted by Crippen LogP contribution is -2.43. The first-order valence-electron chi connectivity index (χ1n) is 9.91. The summed E-state index contributed by atoms with van der Waals surface area (Å²) < 4.78 is 10.8. The second-order valence-corrected chi connectivity index (χ2v) is 7.89. The maximum Gasteiger partial charge on any atom is 0.223 e. The number of carbonyl (C=O) groups is 1. The van der Waals surface area contributed by atoms with Crippen molar-refractivity contribution in [2.75, 3.05) is 27.3 Å². The van der Waals surface area contributed by atoms with Crippen molar-refractivity contribution in [3.8, 4) is 17.2 Å². The molecule has 7 heteroatoms. The number of phenolic OH excluding ortho intramolecular Hbond substituents is 1. The number of benzene rings is 1. The minimum Gasteiger partial charge on any atom is -0.507 e. The summed E-state index contributed by atoms with van der Waals surface area (Å²) in [5.41, 5.74) is 1.12. The van der Waals surface area contributed by atoms with Crippen molar-refractivity contribution in [1.82, 2.24) is 14.9 Å². The van der Waals surface area contributed by atoms with E-state index in [2.05, 4.69) is 23.8 Å². The summed E-state index contributed by atoms with van der Waals surface area (Å²) >= 11 is 0. The van der Waals surface area contributed by atoms with Crippen molar-refractivity contribution in [2.45, 2.75) is 32.6 Å². The molecular formula is C22H29N3O4. The quantitative estimate of drug-likeness (QED) is 0.803. The molecule has 1 aromatic carbocycles. The van der Waals surface area contributed by atoms with E-state index in [-0.39, 0.29) is 18.1 Å². The van der Waals surface area contributed by atoms with Crippen molar-refractivity contribution in [3.63, 3.8) is 0 Å². The van der Waals surface area contributed by atoms with Gasteiger partial charge in [0.25, 0.3) is 0 Å². The molecule has 1 fully saturated rings. The van der Waals surface area contributed by atoms with Crippen LogP contribution in [0.3, 0.4) is 0 Å². The molecule has 3 unspecified atom stereocenters. The van der Waals surface area contributed by atoms with Gasteiger partial charge in [0.2, 0.25) is 5.91 Å². The van der Waals surface area contributed by atoms with E-state index in [9.17, 15) is 9.90 Å². The zero-order valence-corrected chi connectivity index (χ0v) is 17.5. The van der Waals surface area contributed by atoms with E-state index in [1.807, 2.05) is 4.90 Å². The molecular weight excluding hydrogens is 370 g/mol. The number of likely N-dealkylation sites (tertiary alicyclic amines) is 1. The zero-order chi connectivity index (χ0) is 21.0. The number of ether oxygens (including phenoxy) is 2. The highest BCUT2D eigenvalue weighted by Gasteiger charge is 2.31. The van der Waals surface area contributed by atoms with E-state index in [0.29, 0.717) is 34.6 Å².